The molecule has 150 valence electrons. The maximum absolute atomic E-state index is 5.41. The van der Waals surface area contributed by atoms with E-state index in [4.69, 9.17) is 4.52 Å². The number of halogens is 1. The largest absolute Gasteiger partial charge is 0.375 e. The Balaban J connectivity index is 0.00000364. The van der Waals surface area contributed by atoms with Crippen LogP contribution in [0.3, 0.4) is 0 Å². The van der Waals surface area contributed by atoms with Crippen LogP contribution in [0.25, 0.3) is 0 Å². The van der Waals surface area contributed by atoms with Crippen molar-refractivity contribution in [1.82, 2.24) is 15.8 Å². The molecule has 6 nitrogen and oxygen atoms in total. The summed E-state index contributed by atoms with van der Waals surface area (Å²) < 4.78 is 5.41. The first-order valence-electron chi connectivity index (χ1n) is 9.36. The number of para-hydroxylation sites is 1. The molecule has 0 bridgehead atoms. The second kappa shape index (κ2) is 12.6. The van der Waals surface area contributed by atoms with Gasteiger partial charge < -0.3 is 20.1 Å². The molecule has 0 aliphatic rings. The molecular formula is C20H32IN5O. The van der Waals surface area contributed by atoms with Crippen molar-refractivity contribution in [1.29, 1.82) is 0 Å². The van der Waals surface area contributed by atoms with Gasteiger partial charge in [-0.25, -0.2) is 0 Å². The topological polar surface area (TPSA) is 65.7 Å². The molecule has 0 saturated heterocycles. The molecule has 0 amide bonds. The van der Waals surface area contributed by atoms with E-state index in [2.05, 4.69) is 70.8 Å². The van der Waals surface area contributed by atoms with Crippen molar-refractivity contribution in [2.75, 3.05) is 32.1 Å². The lowest BCUT2D eigenvalue weighted by Crippen LogP contribution is -2.38. The van der Waals surface area contributed by atoms with Gasteiger partial charge in [-0.2, -0.15) is 0 Å². The van der Waals surface area contributed by atoms with E-state index < -0.39 is 0 Å². The van der Waals surface area contributed by atoms with Crippen molar-refractivity contribution in [3.63, 3.8) is 0 Å². The summed E-state index contributed by atoms with van der Waals surface area (Å²) in [7, 11) is 3.91. The van der Waals surface area contributed by atoms with Crippen LogP contribution in [-0.2, 0) is 19.4 Å². The molecule has 0 fully saturated rings. The molecule has 0 aliphatic heterocycles. The number of nitrogens with zero attached hydrogens (tertiary/aromatic N) is 3. The molecule has 2 rings (SSSR count). The molecule has 2 aromatic rings. The zero-order chi connectivity index (χ0) is 18.8. The number of aromatic nitrogens is 1. The number of hydrogen-bond donors (Lipinski definition) is 2. The van der Waals surface area contributed by atoms with E-state index in [1.165, 1.54) is 5.69 Å². The lowest BCUT2D eigenvalue weighted by atomic mass is 10.1. The van der Waals surface area contributed by atoms with Crippen LogP contribution in [0.15, 0.2) is 39.8 Å². The molecule has 0 radical (unpaired) electrons. The third-order valence-corrected chi connectivity index (χ3v) is 4.42. The quantitative estimate of drug-likeness (QED) is 0.246. The first-order chi connectivity index (χ1) is 12.7. The second-order valence-electron chi connectivity index (χ2n) is 6.20. The monoisotopic (exact) mass is 485 g/mol. The van der Waals surface area contributed by atoms with Crippen molar-refractivity contribution >= 4 is 35.6 Å². The van der Waals surface area contributed by atoms with Crippen LogP contribution in [0.5, 0.6) is 0 Å². The van der Waals surface area contributed by atoms with Gasteiger partial charge in [-0.3, -0.25) is 4.99 Å². The van der Waals surface area contributed by atoms with Gasteiger partial charge >= 0.3 is 0 Å². The molecule has 27 heavy (non-hydrogen) atoms. The summed E-state index contributed by atoms with van der Waals surface area (Å²) in [4.78, 5) is 6.56. The number of anilines is 1. The van der Waals surface area contributed by atoms with Crippen LogP contribution in [0.2, 0.25) is 0 Å². The predicted octanol–water partition coefficient (Wildman–Crippen LogP) is 3.61. The van der Waals surface area contributed by atoms with Crippen molar-refractivity contribution in [2.24, 2.45) is 4.99 Å². The molecule has 1 aromatic heterocycles. The van der Waals surface area contributed by atoms with Gasteiger partial charge in [0.05, 0.1) is 5.69 Å². The molecule has 0 saturated carbocycles. The Morgan fingerprint density at radius 2 is 1.89 bits per heavy atom. The normalized spacial score (nSPS) is 11.0. The summed E-state index contributed by atoms with van der Waals surface area (Å²) >= 11 is 0. The molecule has 0 atom stereocenters. The first kappa shape index (κ1) is 23.3. The summed E-state index contributed by atoms with van der Waals surface area (Å²) in [5.41, 5.74) is 3.41. The summed E-state index contributed by atoms with van der Waals surface area (Å²) in [6.07, 6.45) is 2.75. The van der Waals surface area contributed by atoms with Gasteiger partial charge in [-0.05, 0) is 25.0 Å². The van der Waals surface area contributed by atoms with Crippen molar-refractivity contribution < 1.29 is 4.52 Å². The number of hydrogen-bond acceptors (Lipinski definition) is 4. The van der Waals surface area contributed by atoms with Gasteiger partial charge in [-0.15, -0.1) is 24.0 Å². The summed E-state index contributed by atoms with van der Waals surface area (Å²) in [5.74, 6) is 1.76. The summed E-state index contributed by atoms with van der Waals surface area (Å²) in [6, 6.07) is 10.4. The molecule has 2 N–H and O–H groups in total. The van der Waals surface area contributed by atoms with E-state index in [9.17, 15) is 0 Å². The highest BCUT2D eigenvalue weighted by Crippen LogP contribution is 2.15. The number of benzene rings is 1. The molecular weight excluding hydrogens is 453 g/mol. The lowest BCUT2D eigenvalue weighted by Gasteiger charge is -2.19. The van der Waals surface area contributed by atoms with Gasteiger partial charge in [0.25, 0.3) is 0 Å². The first-order valence-corrected chi connectivity index (χ1v) is 9.36. The highest BCUT2D eigenvalue weighted by atomic mass is 127. The highest BCUT2D eigenvalue weighted by molar-refractivity contribution is 14.0. The molecule has 1 heterocycles. The van der Waals surface area contributed by atoms with Crippen LogP contribution in [0, 0.1) is 0 Å². The van der Waals surface area contributed by atoms with Gasteiger partial charge in [0.15, 0.2) is 5.96 Å². The third-order valence-electron chi connectivity index (χ3n) is 4.42. The summed E-state index contributed by atoms with van der Waals surface area (Å²) in [5, 5.41) is 10.9. The van der Waals surface area contributed by atoms with Crippen LogP contribution >= 0.6 is 24.0 Å². The zero-order valence-electron chi connectivity index (χ0n) is 16.8. The number of guanidine groups is 1. The Morgan fingerprint density at radius 3 is 2.52 bits per heavy atom. The fourth-order valence-electron chi connectivity index (χ4n) is 2.87. The molecule has 0 aliphatic carbocycles. The molecule has 0 unspecified atom stereocenters. The minimum Gasteiger partial charge on any atom is -0.375 e. The van der Waals surface area contributed by atoms with Gasteiger partial charge in [0.1, 0.15) is 5.76 Å². The molecule has 1 aromatic carbocycles. The highest BCUT2D eigenvalue weighted by Gasteiger charge is 2.13. The van der Waals surface area contributed by atoms with E-state index in [0.29, 0.717) is 6.54 Å². The van der Waals surface area contributed by atoms with Crippen LogP contribution in [0.1, 0.15) is 37.3 Å². The van der Waals surface area contributed by atoms with E-state index >= 15 is 0 Å². The minimum atomic E-state index is 0. The zero-order valence-corrected chi connectivity index (χ0v) is 19.1. The van der Waals surface area contributed by atoms with E-state index in [0.717, 1.165) is 55.3 Å². The fourth-order valence-corrected chi connectivity index (χ4v) is 2.87. The SMILES string of the molecule is CCc1noc(CC)c1CNC(=NC)NCCCN(C)c1ccccc1.I. The maximum Gasteiger partial charge on any atom is 0.191 e. The van der Waals surface area contributed by atoms with E-state index in [1.807, 2.05) is 6.07 Å². The van der Waals surface area contributed by atoms with E-state index in [-0.39, 0.29) is 24.0 Å². The maximum atomic E-state index is 5.41. The standard InChI is InChI=1S/C20H31N5O.HI/c1-5-18-17(19(6-2)26-24-18)15-23-20(21-3)22-13-10-14-25(4)16-11-8-7-9-12-16;/h7-9,11-12H,5-6,10,13-15H2,1-4H3,(H2,21,22,23);1H. The van der Waals surface area contributed by atoms with Gasteiger partial charge in [0.2, 0.25) is 0 Å². The Hall–Kier alpha value is -1.77. The summed E-state index contributed by atoms with van der Waals surface area (Å²) in [6.45, 7) is 6.71. The van der Waals surface area contributed by atoms with Gasteiger partial charge in [-0.1, -0.05) is 37.2 Å². The number of rotatable bonds is 9. The Morgan fingerprint density at radius 1 is 1.15 bits per heavy atom. The number of nitrogens with one attached hydrogen (secondary N) is 2. The second-order valence-corrected chi connectivity index (χ2v) is 6.20. The third kappa shape index (κ3) is 7.04. The Kier molecular flexibility index (Phi) is 10.8. The van der Waals surface area contributed by atoms with Crippen molar-refractivity contribution in [3.05, 3.63) is 47.3 Å². The smallest absolute Gasteiger partial charge is 0.191 e. The lowest BCUT2D eigenvalue weighted by molar-refractivity contribution is 0.380. The average molecular weight is 485 g/mol. The predicted molar refractivity (Wildman–Crippen MR) is 123 cm³/mol. The average Bonchev–Trinajstić information content (AvgIpc) is 3.09. The minimum absolute atomic E-state index is 0. The van der Waals surface area contributed by atoms with Crippen molar-refractivity contribution in [3.8, 4) is 0 Å². The molecule has 0 spiro atoms. The van der Waals surface area contributed by atoms with Crippen molar-refractivity contribution in [2.45, 2.75) is 39.7 Å². The Bertz CT molecular complexity index is 665. The van der Waals surface area contributed by atoms with Crippen LogP contribution in [0.4, 0.5) is 5.69 Å². The fraction of sp³-hybridized carbons (Fsp3) is 0.500. The molecule has 7 heteroatoms. The van der Waals surface area contributed by atoms with Crippen LogP contribution in [-0.4, -0.2) is 38.3 Å². The van der Waals surface area contributed by atoms with E-state index in [1.54, 1.807) is 7.05 Å². The number of aliphatic imine (C=N–C) groups is 1. The van der Waals surface area contributed by atoms with Crippen LogP contribution < -0.4 is 15.5 Å². The number of aryl methyl sites for hydroxylation is 2. The van der Waals surface area contributed by atoms with Gasteiger partial charge in [0, 0.05) is 51.4 Å². The Labute approximate surface area is 179 Å².